The van der Waals surface area contributed by atoms with Crippen LogP contribution in [-0.2, 0) is 0 Å². The molecule has 1 aromatic rings. The number of H-pyrrole nitrogens is 2. The molecule has 1 heterocycles. The van der Waals surface area contributed by atoms with Gasteiger partial charge in [0.2, 0.25) is 0 Å². The highest BCUT2D eigenvalue weighted by molar-refractivity contribution is 7.71. The molecule has 0 aliphatic heterocycles. The maximum Gasteiger partial charge on any atom is 0.328 e. The van der Waals surface area contributed by atoms with Crippen molar-refractivity contribution >= 4 is 12.2 Å². The zero-order chi connectivity index (χ0) is 10.0. The molecule has 13 heavy (non-hydrogen) atoms. The monoisotopic (exact) mass is 201 g/mol. The van der Waals surface area contributed by atoms with Crippen LogP contribution in [0.2, 0.25) is 0 Å². The molecular weight excluding hydrogens is 194 g/mol. The lowest BCUT2D eigenvalue weighted by Gasteiger charge is -2.07. The van der Waals surface area contributed by atoms with Crippen LogP contribution in [0.5, 0.6) is 0 Å². The third-order valence-corrected chi connectivity index (χ3v) is 1.69. The van der Waals surface area contributed by atoms with Crippen LogP contribution in [0.4, 0.5) is 0 Å². The Balaban J connectivity index is 3.61. The van der Waals surface area contributed by atoms with Gasteiger partial charge in [0.25, 0.3) is 0 Å². The summed E-state index contributed by atoms with van der Waals surface area (Å²) in [6.07, 6.45) is -0.205. The van der Waals surface area contributed by atoms with Gasteiger partial charge in [0.15, 0.2) is 11.0 Å². The van der Waals surface area contributed by atoms with Crippen molar-refractivity contribution in [3.63, 3.8) is 0 Å². The standard InChI is InChI=1S/C6H7N3O3S/c1-2-3(10)9-5(12)4(11)7-8-6(9)13/h2-3,10H,1H2,(H,7,11)(H,8,13). The van der Waals surface area contributed by atoms with Crippen molar-refractivity contribution in [3.05, 3.63) is 38.1 Å². The number of rotatable bonds is 2. The van der Waals surface area contributed by atoms with Crippen molar-refractivity contribution in [3.8, 4) is 0 Å². The number of aromatic nitrogens is 3. The van der Waals surface area contributed by atoms with E-state index in [1.54, 1.807) is 0 Å². The van der Waals surface area contributed by atoms with Crippen molar-refractivity contribution < 1.29 is 5.11 Å². The van der Waals surface area contributed by atoms with E-state index in [-0.39, 0.29) is 4.77 Å². The Morgan fingerprint density at radius 3 is 2.69 bits per heavy atom. The molecule has 0 radical (unpaired) electrons. The van der Waals surface area contributed by atoms with Crippen molar-refractivity contribution in [1.82, 2.24) is 14.8 Å². The maximum absolute atomic E-state index is 11.1. The van der Waals surface area contributed by atoms with E-state index >= 15 is 0 Å². The van der Waals surface area contributed by atoms with Crippen LogP contribution in [-0.4, -0.2) is 19.9 Å². The molecule has 1 rings (SSSR count). The van der Waals surface area contributed by atoms with E-state index in [1.807, 2.05) is 5.10 Å². The minimum Gasteiger partial charge on any atom is -0.369 e. The van der Waals surface area contributed by atoms with Crippen LogP contribution in [0.1, 0.15) is 6.23 Å². The van der Waals surface area contributed by atoms with E-state index in [1.165, 1.54) is 0 Å². The highest BCUT2D eigenvalue weighted by Crippen LogP contribution is 1.96. The molecule has 0 aliphatic carbocycles. The predicted octanol–water partition coefficient (Wildman–Crippen LogP) is -0.729. The average molecular weight is 201 g/mol. The molecule has 0 fully saturated rings. The van der Waals surface area contributed by atoms with Crippen molar-refractivity contribution in [2.75, 3.05) is 0 Å². The molecule has 0 aliphatic rings. The van der Waals surface area contributed by atoms with Crippen molar-refractivity contribution in [2.24, 2.45) is 0 Å². The highest BCUT2D eigenvalue weighted by Gasteiger charge is 2.07. The molecule has 0 bridgehead atoms. The first-order valence-electron chi connectivity index (χ1n) is 3.32. The minimum atomic E-state index is -1.29. The largest absolute Gasteiger partial charge is 0.369 e. The zero-order valence-corrected chi connectivity index (χ0v) is 7.30. The first-order valence-corrected chi connectivity index (χ1v) is 3.73. The van der Waals surface area contributed by atoms with Crippen LogP contribution in [0.3, 0.4) is 0 Å². The fourth-order valence-corrected chi connectivity index (χ4v) is 1.01. The van der Waals surface area contributed by atoms with E-state index in [0.29, 0.717) is 0 Å². The molecule has 6 nitrogen and oxygen atoms in total. The van der Waals surface area contributed by atoms with Gasteiger partial charge in [0.1, 0.15) is 0 Å². The Kier molecular flexibility index (Phi) is 2.59. The number of aromatic amines is 2. The van der Waals surface area contributed by atoms with Crippen LogP contribution >= 0.6 is 12.2 Å². The summed E-state index contributed by atoms with van der Waals surface area (Å²) in [5, 5.41) is 13.5. The molecule has 3 N–H and O–H groups in total. The van der Waals surface area contributed by atoms with Gasteiger partial charge in [0, 0.05) is 0 Å². The van der Waals surface area contributed by atoms with E-state index in [4.69, 9.17) is 0 Å². The second kappa shape index (κ2) is 3.50. The number of aliphatic hydroxyl groups is 1. The highest BCUT2D eigenvalue weighted by atomic mass is 32.1. The molecule has 1 atom stereocenters. The normalized spacial score (nSPS) is 12.4. The van der Waals surface area contributed by atoms with E-state index in [2.05, 4.69) is 23.9 Å². The Labute approximate surface area is 77.2 Å². The summed E-state index contributed by atoms with van der Waals surface area (Å²) in [6, 6.07) is 0. The summed E-state index contributed by atoms with van der Waals surface area (Å²) >= 11 is 4.67. The van der Waals surface area contributed by atoms with Gasteiger partial charge in [-0.05, 0) is 18.3 Å². The summed E-state index contributed by atoms with van der Waals surface area (Å²) < 4.78 is 0.651. The van der Waals surface area contributed by atoms with Crippen LogP contribution in [0.15, 0.2) is 22.2 Å². The number of nitrogens with one attached hydrogen (secondary N) is 2. The maximum atomic E-state index is 11.1. The molecule has 0 saturated carbocycles. The molecule has 70 valence electrons. The van der Waals surface area contributed by atoms with E-state index in [9.17, 15) is 14.7 Å². The molecule has 0 saturated heterocycles. The molecule has 0 amide bonds. The van der Waals surface area contributed by atoms with Gasteiger partial charge >= 0.3 is 11.1 Å². The minimum absolute atomic E-state index is 0.0722. The summed E-state index contributed by atoms with van der Waals surface area (Å²) in [4.78, 5) is 21.9. The van der Waals surface area contributed by atoms with Crippen LogP contribution in [0, 0.1) is 4.77 Å². The smallest absolute Gasteiger partial charge is 0.328 e. The Bertz CT molecular complexity index is 483. The second-order valence-corrected chi connectivity index (χ2v) is 2.60. The van der Waals surface area contributed by atoms with Gasteiger partial charge in [-0.2, -0.15) is 0 Å². The van der Waals surface area contributed by atoms with Gasteiger partial charge in [-0.1, -0.05) is 6.58 Å². The molecule has 7 heteroatoms. The molecule has 1 aromatic heterocycles. The van der Waals surface area contributed by atoms with Crippen molar-refractivity contribution in [2.45, 2.75) is 6.23 Å². The van der Waals surface area contributed by atoms with Crippen molar-refractivity contribution in [1.29, 1.82) is 0 Å². The summed E-state index contributed by atoms with van der Waals surface area (Å²) in [5.74, 6) is 0. The molecule has 0 aromatic carbocycles. The van der Waals surface area contributed by atoms with Crippen LogP contribution in [0.25, 0.3) is 0 Å². The summed E-state index contributed by atoms with van der Waals surface area (Å²) in [6.45, 7) is 3.27. The quantitative estimate of drug-likeness (QED) is 0.334. The number of nitrogens with zero attached hydrogens (tertiary/aromatic N) is 1. The van der Waals surface area contributed by atoms with Gasteiger partial charge in [0.05, 0.1) is 0 Å². The summed E-state index contributed by atoms with van der Waals surface area (Å²) in [7, 11) is 0. The lowest BCUT2D eigenvalue weighted by molar-refractivity contribution is 0.146. The lowest BCUT2D eigenvalue weighted by atomic mass is 10.5. The number of hydrogen-bond donors (Lipinski definition) is 3. The average Bonchev–Trinajstić information content (AvgIpc) is 2.12. The molecular formula is C6H7N3O3S. The first-order chi connectivity index (χ1) is 6.07. The van der Waals surface area contributed by atoms with Gasteiger partial charge < -0.3 is 5.11 Å². The fraction of sp³-hybridized carbons (Fsp3) is 0.167. The number of hydrogen-bond acceptors (Lipinski definition) is 4. The number of aliphatic hydroxyl groups excluding tert-OH is 1. The Hall–Kier alpha value is -1.47. The fourth-order valence-electron chi connectivity index (χ4n) is 0.771. The van der Waals surface area contributed by atoms with Crippen LogP contribution < -0.4 is 11.1 Å². The van der Waals surface area contributed by atoms with Gasteiger partial charge in [-0.3, -0.25) is 19.8 Å². The zero-order valence-electron chi connectivity index (χ0n) is 6.48. The van der Waals surface area contributed by atoms with Gasteiger partial charge in [-0.15, -0.1) is 0 Å². The third kappa shape index (κ3) is 1.65. The van der Waals surface area contributed by atoms with E-state index < -0.39 is 17.3 Å². The predicted molar refractivity (Wildman–Crippen MR) is 48.0 cm³/mol. The second-order valence-electron chi connectivity index (χ2n) is 2.21. The first kappa shape index (κ1) is 9.62. The van der Waals surface area contributed by atoms with Gasteiger partial charge in [-0.25, -0.2) is 4.57 Å². The van der Waals surface area contributed by atoms with E-state index in [0.717, 1.165) is 10.6 Å². The molecule has 1 unspecified atom stereocenters. The Morgan fingerprint density at radius 1 is 1.54 bits per heavy atom. The SMILES string of the molecule is C=CC(O)n1c(=S)[nH][nH]c(=O)c1=O. The topological polar surface area (TPSA) is 90.9 Å². The third-order valence-electron chi connectivity index (χ3n) is 1.39. The molecule has 0 spiro atoms. The Morgan fingerprint density at radius 2 is 2.15 bits per heavy atom. The lowest BCUT2D eigenvalue weighted by Crippen LogP contribution is -2.39. The summed E-state index contributed by atoms with van der Waals surface area (Å²) in [5.41, 5.74) is -1.80.